The summed E-state index contributed by atoms with van der Waals surface area (Å²) in [5, 5.41) is 12.3. The van der Waals surface area contributed by atoms with E-state index >= 15 is 0 Å². The maximum atomic E-state index is 13.5. The van der Waals surface area contributed by atoms with Crippen LogP contribution in [0.3, 0.4) is 0 Å². The van der Waals surface area contributed by atoms with Gasteiger partial charge in [-0.25, -0.2) is 14.5 Å². The molecule has 0 aliphatic heterocycles. The number of thiazole rings is 1. The van der Waals surface area contributed by atoms with Crippen LogP contribution in [0, 0.1) is 0 Å². The lowest BCUT2D eigenvalue weighted by atomic mass is 9.95. The van der Waals surface area contributed by atoms with E-state index in [0.29, 0.717) is 10.9 Å². The second-order valence-corrected chi connectivity index (χ2v) is 9.14. The van der Waals surface area contributed by atoms with E-state index in [1.807, 2.05) is 36.4 Å². The maximum Gasteiger partial charge on any atom is 0.347 e. The van der Waals surface area contributed by atoms with Crippen LogP contribution in [0.1, 0.15) is 58.2 Å². The van der Waals surface area contributed by atoms with E-state index in [4.69, 9.17) is 5.11 Å². The van der Waals surface area contributed by atoms with Crippen LogP contribution < -0.4 is 10.9 Å². The van der Waals surface area contributed by atoms with Crippen molar-refractivity contribution in [1.29, 1.82) is 0 Å². The molecule has 2 heterocycles. The zero-order chi connectivity index (χ0) is 22.9. The molecule has 8 nitrogen and oxygen atoms in total. The smallest absolute Gasteiger partial charge is 0.347 e. The molecule has 2 N–H and O–H groups in total. The standard InChI is InChI=1S/C24H22N4O4S/c29-21(26-24-25-14-20(33-24)23(31)32)15-11-12-19-18(13-15)22(30)28(17-9-5-2-6-10-17)27(19)16-7-3-1-4-8-16/h2,5-6,9-14,16H,1,3-4,7-8H2,(H,31,32)(H,25,26,29). The number of nitrogens with one attached hydrogen (secondary N) is 1. The third-order valence-corrected chi connectivity index (χ3v) is 6.90. The average Bonchev–Trinajstić information content (AvgIpc) is 3.42. The first-order valence-electron chi connectivity index (χ1n) is 10.9. The summed E-state index contributed by atoms with van der Waals surface area (Å²) in [5.74, 6) is -1.54. The normalized spacial score (nSPS) is 14.4. The highest BCUT2D eigenvalue weighted by Crippen LogP contribution is 2.32. The first-order valence-corrected chi connectivity index (χ1v) is 11.7. The van der Waals surface area contributed by atoms with Crippen LogP contribution >= 0.6 is 11.3 Å². The van der Waals surface area contributed by atoms with Crippen molar-refractivity contribution in [1.82, 2.24) is 14.3 Å². The summed E-state index contributed by atoms with van der Waals surface area (Å²) in [4.78, 5) is 41.4. The van der Waals surface area contributed by atoms with Crippen molar-refractivity contribution in [2.45, 2.75) is 38.1 Å². The number of para-hydroxylation sites is 1. The minimum atomic E-state index is -1.10. The Labute approximate surface area is 193 Å². The lowest BCUT2D eigenvalue weighted by Crippen LogP contribution is -2.25. The molecule has 0 radical (unpaired) electrons. The predicted molar refractivity (Wildman–Crippen MR) is 127 cm³/mol. The fourth-order valence-electron chi connectivity index (χ4n) is 4.46. The molecule has 0 atom stereocenters. The highest BCUT2D eigenvalue weighted by Gasteiger charge is 2.24. The third-order valence-electron chi connectivity index (χ3n) is 6.00. The van der Waals surface area contributed by atoms with Gasteiger partial charge in [-0.3, -0.25) is 19.6 Å². The van der Waals surface area contributed by atoms with Crippen molar-refractivity contribution in [2.75, 3.05) is 5.32 Å². The third kappa shape index (κ3) is 3.95. The van der Waals surface area contributed by atoms with Gasteiger partial charge in [-0.15, -0.1) is 0 Å². The fourth-order valence-corrected chi connectivity index (χ4v) is 5.11. The lowest BCUT2D eigenvalue weighted by Gasteiger charge is -2.26. The van der Waals surface area contributed by atoms with Gasteiger partial charge in [0.1, 0.15) is 4.88 Å². The van der Waals surface area contributed by atoms with Gasteiger partial charge >= 0.3 is 5.97 Å². The number of anilines is 1. The number of benzene rings is 2. The Kier molecular flexibility index (Phi) is 5.55. The lowest BCUT2D eigenvalue weighted by molar-refractivity contribution is 0.0701. The molecule has 4 aromatic rings. The van der Waals surface area contributed by atoms with Gasteiger partial charge in [0.15, 0.2) is 5.13 Å². The summed E-state index contributed by atoms with van der Waals surface area (Å²) in [7, 11) is 0. The Hall–Kier alpha value is -3.72. The Morgan fingerprint density at radius 2 is 1.82 bits per heavy atom. The molecule has 0 spiro atoms. The SMILES string of the molecule is O=C(Nc1ncc(C(=O)O)s1)c1ccc2c(c1)c(=O)n(-c1ccccc1)n2C1CCCCC1. The van der Waals surface area contributed by atoms with E-state index in [0.717, 1.165) is 48.2 Å². The zero-order valence-corrected chi connectivity index (χ0v) is 18.5. The molecule has 2 aromatic carbocycles. The molecule has 33 heavy (non-hydrogen) atoms. The number of carbonyl (C=O) groups is 2. The first-order chi connectivity index (χ1) is 16.0. The number of aromatic nitrogens is 3. The molecule has 1 amide bonds. The highest BCUT2D eigenvalue weighted by atomic mass is 32.1. The molecule has 1 aliphatic carbocycles. The molecule has 0 unspecified atom stereocenters. The molecule has 1 fully saturated rings. The molecular weight excluding hydrogens is 440 g/mol. The summed E-state index contributed by atoms with van der Waals surface area (Å²) in [6.45, 7) is 0. The largest absolute Gasteiger partial charge is 0.477 e. The molecular formula is C24H22N4O4S. The number of hydrogen-bond acceptors (Lipinski definition) is 5. The van der Waals surface area contributed by atoms with Gasteiger partial charge in [-0.2, -0.15) is 0 Å². The van der Waals surface area contributed by atoms with Crippen molar-refractivity contribution in [3.05, 3.63) is 75.5 Å². The first kappa shape index (κ1) is 21.1. The maximum absolute atomic E-state index is 13.5. The molecule has 0 saturated heterocycles. The van der Waals surface area contributed by atoms with Crippen LogP contribution in [0.15, 0.2) is 59.5 Å². The molecule has 1 aliphatic rings. The van der Waals surface area contributed by atoms with E-state index in [-0.39, 0.29) is 21.6 Å². The molecule has 5 rings (SSSR count). The van der Waals surface area contributed by atoms with Crippen molar-refractivity contribution >= 4 is 39.2 Å². The number of aromatic carboxylic acids is 1. The molecule has 0 bridgehead atoms. The Balaban J connectivity index is 1.57. The number of carbonyl (C=O) groups excluding carboxylic acids is 1. The molecule has 168 valence electrons. The van der Waals surface area contributed by atoms with Crippen LogP contribution in [-0.2, 0) is 0 Å². The van der Waals surface area contributed by atoms with Crippen LogP contribution in [0.5, 0.6) is 0 Å². The van der Waals surface area contributed by atoms with Crippen LogP contribution in [0.4, 0.5) is 5.13 Å². The summed E-state index contributed by atoms with van der Waals surface area (Å²) in [6.07, 6.45) is 6.67. The number of hydrogen-bond donors (Lipinski definition) is 2. The van der Waals surface area contributed by atoms with E-state index < -0.39 is 11.9 Å². The van der Waals surface area contributed by atoms with E-state index in [1.54, 1.807) is 16.8 Å². The average molecular weight is 463 g/mol. The molecule has 2 aromatic heterocycles. The Morgan fingerprint density at radius 1 is 1.06 bits per heavy atom. The van der Waals surface area contributed by atoms with Gasteiger partial charge < -0.3 is 5.11 Å². The van der Waals surface area contributed by atoms with Gasteiger partial charge in [-0.1, -0.05) is 48.8 Å². The monoisotopic (exact) mass is 462 g/mol. The fraction of sp³-hybridized carbons (Fsp3) is 0.250. The number of nitrogens with zero attached hydrogens (tertiary/aromatic N) is 3. The second-order valence-electron chi connectivity index (χ2n) is 8.11. The molecule has 9 heteroatoms. The van der Waals surface area contributed by atoms with Crippen molar-refractivity contribution in [3.63, 3.8) is 0 Å². The zero-order valence-electron chi connectivity index (χ0n) is 17.7. The minimum absolute atomic E-state index is 0.0380. The number of carboxylic acid groups (broad SMARTS) is 1. The quantitative estimate of drug-likeness (QED) is 0.447. The van der Waals surface area contributed by atoms with Crippen molar-refractivity contribution in [3.8, 4) is 5.69 Å². The van der Waals surface area contributed by atoms with E-state index in [1.165, 1.54) is 12.6 Å². The van der Waals surface area contributed by atoms with Crippen molar-refractivity contribution < 1.29 is 14.7 Å². The molecule has 1 saturated carbocycles. The van der Waals surface area contributed by atoms with Gasteiger partial charge in [0.25, 0.3) is 11.5 Å². The number of amides is 1. The van der Waals surface area contributed by atoms with Gasteiger partial charge in [0, 0.05) is 5.56 Å². The summed E-state index contributed by atoms with van der Waals surface area (Å²) in [6, 6.07) is 14.9. The number of rotatable bonds is 5. The van der Waals surface area contributed by atoms with Crippen molar-refractivity contribution in [2.24, 2.45) is 0 Å². The van der Waals surface area contributed by atoms with Crippen LogP contribution in [0.25, 0.3) is 16.6 Å². The van der Waals surface area contributed by atoms with Crippen LogP contribution in [0.2, 0.25) is 0 Å². The van der Waals surface area contributed by atoms with Gasteiger partial charge in [-0.05, 0) is 43.2 Å². The van der Waals surface area contributed by atoms with Crippen LogP contribution in [-0.4, -0.2) is 31.3 Å². The summed E-state index contributed by atoms with van der Waals surface area (Å²) >= 11 is 0.881. The number of fused-ring (bicyclic) bond motifs is 1. The van der Waals surface area contributed by atoms with Gasteiger partial charge in [0.2, 0.25) is 0 Å². The highest BCUT2D eigenvalue weighted by molar-refractivity contribution is 7.17. The Morgan fingerprint density at radius 3 is 2.52 bits per heavy atom. The summed E-state index contributed by atoms with van der Waals surface area (Å²) < 4.78 is 3.82. The second kappa shape index (κ2) is 8.67. The Bertz CT molecular complexity index is 1400. The summed E-state index contributed by atoms with van der Waals surface area (Å²) in [5.41, 5.74) is 1.74. The minimum Gasteiger partial charge on any atom is -0.477 e. The predicted octanol–water partition coefficient (Wildman–Crippen LogP) is 4.70. The van der Waals surface area contributed by atoms with E-state index in [9.17, 15) is 14.4 Å². The van der Waals surface area contributed by atoms with Gasteiger partial charge in [0.05, 0.1) is 28.8 Å². The topological polar surface area (TPSA) is 106 Å². The number of carboxylic acids is 1. The van der Waals surface area contributed by atoms with E-state index in [2.05, 4.69) is 15.0 Å².